The van der Waals surface area contributed by atoms with E-state index in [9.17, 15) is 9.59 Å². The lowest BCUT2D eigenvalue weighted by atomic mass is 10.1. The fourth-order valence-electron chi connectivity index (χ4n) is 2.53. The van der Waals surface area contributed by atoms with Crippen molar-refractivity contribution in [1.82, 2.24) is 5.32 Å². The summed E-state index contributed by atoms with van der Waals surface area (Å²) in [4.78, 5) is 25.3. The first-order valence-corrected chi connectivity index (χ1v) is 6.72. The SMILES string of the molecule is CC(=O)c1cc2c(c(N3CCNCC3)c1)OCC(=O)N2. The predicted molar refractivity (Wildman–Crippen MR) is 75.7 cm³/mol. The molecule has 2 heterocycles. The van der Waals surface area contributed by atoms with E-state index in [0.717, 1.165) is 31.9 Å². The van der Waals surface area contributed by atoms with Crippen LogP contribution in [0.5, 0.6) is 5.75 Å². The summed E-state index contributed by atoms with van der Waals surface area (Å²) in [7, 11) is 0. The van der Waals surface area contributed by atoms with Crippen molar-refractivity contribution in [2.45, 2.75) is 6.92 Å². The van der Waals surface area contributed by atoms with Gasteiger partial charge in [-0.2, -0.15) is 0 Å². The molecule has 6 nitrogen and oxygen atoms in total. The molecule has 0 atom stereocenters. The van der Waals surface area contributed by atoms with Crippen molar-refractivity contribution in [1.29, 1.82) is 0 Å². The average molecular weight is 275 g/mol. The van der Waals surface area contributed by atoms with Gasteiger partial charge in [0.15, 0.2) is 18.1 Å². The molecule has 6 heteroatoms. The Bertz CT molecular complexity index is 565. The topological polar surface area (TPSA) is 70.7 Å². The van der Waals surface area contributed by atoms with Crippen LogP contribution < -0.4 is 20.3 Å². The van der Waals surface area contributed by atoms with Gasteiger partial charge in [-0.05, 0) is 19.1 Å². The van der Waals surface area contributed by atoms with Crippen LogP contribution in [0.4, 0.5) is 11.4 Å². The lowest BCUT2D eigenvalue weighted by Gasteiger charge is -2.33. The number of benzene rings is 1. The first-order valence-electron chi connectivity index (χ1n) is 6.72. The van der Waals surface area contributed by atoms with Crippen molar-refractivity contribution >= 4 is 23.1 Å². The fourth-order valence-corrected chi connectivity index (χ4v) is 2.53. The largest absolute Gasteiger partial charge is 0.479 e. The number of ether oxygens (including phenoxy) is 1. The molecule has 20 heavy (non-hydrogen) atoms. The number of carbonyl (C=O) groups is 2. The molecule has 0 aromatic heterocycles. The number of carbonyl (C=O) groups excluding carboxylic acids is 2. The molecule has 1 amide bonds. The third-order valence-electron chi connectivity index (χ3n) is 3.56. The molecule has 1 aromatic carbocycles. The number of anilines is 2. The van der Waals surface area contributed by atoms with Gasteiger partial charge in [0.25, 0.3) is 5.91 Å². The number of hydrogen-bond acceptors (Lipinski definition) is 5. The third-order valence-corrected chi connectivity index (χ3v) is 3.56. The monoisotopic (exact) mass is 275 g/mol. The van der Waals surface area contributed by atoms with E-state index in [1.165, 1.54) is 6.92 Å². The number of piperazine rings is 1. The van der Waals surface area contributed by atoms with Gasteiger partial charge >= 0.3 is 0 Å². The second-order valence-electron chi connectivity index (χ2n) is 5.00. The molecule has 1 saturated heterocycles. The van der Waals surface area contributed by atoms with Gasteiger partial charge in [-0.15, -0.1) is 0 Å². The minimum atomic E-state index is -0.190. The van der Waals surface area contributed by atoms with E-state index in [-0.39, 0.29) is 18.3 Å². The van der Waals surface area contributed by atoms with Gasteiger partial charge in [-0.1, -0.05) is 0 Å². The molecular weight excluding hydrogens is 258 g/mol. The maximum atomic E-state index is 11.7. The smallest absolute Gasteiger partial charge is 0.262 e. The van der Waals surface area contributed by atoms with E-state index in [4.69, 9.17) is 4.74 Å². The zero-order chi connectivity index (χ0) is 14.1. The predicted octanol–water partition coefficient (Wildman–Crippen LogP) is 0.630. The highest BCUT2D eigenvalue weighted by Crippen LogP contribution is 2.39. The molecule has 0 saturated carbocycles. The number of rotatable bonds is 2. The summed E-state index contributed by atoms with van der Waals surface area (Å²) >= 11 is 0. The maximum Gasteiger partial charge on any atom is 0.262 e. The zero-order valence-corrected chi connectivity index (χ0v) is 11.4. The van der Waals surface area contributed by atoms with Gasteiger partial charge < -0.3 is 20.3 Å². The first kappa shape index (κ1) is 12.9. The molecule has 2 aliphatic heterocycles. The van der Waals surface area contributed by atoms with E-state index in [0.29, 0.717) is 17.0 Å². The number of hydrogen-bond donors (Lipinski definition) is 2. The normalized spacial score (nSPS) is 18.1. The van der Waals surface area contributed by atoms with Crippen LogP contribution >= 0.6 is 0 Å². The summed E-state index contributed by atoms with van der Waals surface area (Å²) in [6.07, 6.45) is 0. The molecule has 2 aliphatic rings. The number of nitrogens with zero attached hydrogens (tertiary/aromatic N) is 1. The van der Waals surface area contributed by atoms with Crippen LogP contribution in [0.3, 0.4) is 0 Å². The average Bonchev–Trinajstić information content (AvgIpc) is 2.46. The summed E-state index contributed by atoms with van der Waals surface area (Å²) in [5.74, 6) is 0.449. The molecule has 2 N–H and O–H groups in total. The Morgan fingerprint density at radius 2 is 2.05 bits per heavy atom. The maximum absolute atomic E-state index is 11.7. The highest BCUT2D eigenvalue weighted by Gasteiger charge is 2.25. The van der Waals surface area contributed by atoms with Crippen molar-refractivity contribution < 1.29 is 14.3 Å². The Kier molecular flexibility index (Phi) is 3.31. The molecule has 1 aromatic rings. The van der Waals surface area contributed by atoms with Crippen LogP contribution in [0.15, 0.2) is 12.1 Å². The summed E-state index contributed by atoms with van der Waals surface area (Å²) in [6.45, 7) is 5.04. The summed E-state index contributed by atoms with van der Waals surface area (Å²) in [6, 6.07) is 3.53. The van der Waals surface area contributed by atoms with E-state index in [2.05, 4.69) is 15.5 Å². The molecule has 3 rings (SSSR count). The highest BCUT2D eigenvalue weighted by atomic mass is 16.5. The summed E-state index contributed by atoms with van der Waals surface area (Å²) in [5, 5.41) is 6.07. The van der Waals surface area contributed by atoms with E-state index < -0.39 is 0 Å². The number of fused-ring (bicyclic) bond motifs is 1. The first-order chi connectivity index (χ1) is 9.65. The lowest BCUT2D eigenvalue weighted by molar-refractivity contribution is -0.118. The van der Waals surface area contributed by atoms with Crippen LogP contribution in [-0.2, 0) is 4.79 Å². The molecule has 1 fully saturated rings. The van der Waals surface area contributed by atoms with Gasteiger partial charge in [-0.25, -0.2) is 0 Å². The Hall–Kier alpha value is -2.08. The number of ketones is 1. The standard InChI is InChI=1S/C14H17N3O3/c1-9(18)10-6-11-14(20-8-13(19)16-11)12(7-10)17-4-2-15-3-5-17/h6-7,15H,2-5,8H2,1H3,(H,16,19). The number of nitrogens with one attached hydrogen (secondary N) is 2. The summed E-state index contributed by atoms with van der Waals surface area (Å²) < 4.78 is 5.57. The Morgan fingerprint density at radius 1 is 1.30 bits per heavy atom. The van der Waals surface area contributed by atoms with Gasteiger partial charge in [0.05, 0.1) is 11.4 Å². The molecule has 0 aliphatic carbocycles. The number of amides is 1. The molecule has 0 spiro atoms. The lowest BCUT2D eigenvalue weighted by Crippen LogP contribution is -2.44. The van der Waals surface area contributed by atoms with E-state index in [1.807, 2.05) is 6.07 Å². The molecular formula is C14H17N3O3. The van der Waals surface area contributed by atoms with Crippen molar-refractivity contribution in [2.75, 3.05) is 43.0 Å². The van der Waals surface area contributed by atoms with Gasteiger partial charge in [0.2, 0.25) is 0 Å². The Morgan fingerprint density at radius 3 is 2.75 bits per heavy atom. The Balaban J connectivity index is 2.06. The van der Waals surface area contributed by atoms with Crippen LogP contribution in [0.1, 0.15) is 17.3 Å². The molecule has 0 unspecified atom stereocenters. The minimum Gasteiger partial charge on any atom is -0.479 e. The fraction of sp³-hybridized carbons (Fsp3) is 0.429. The van der Waals surface area contributed by atoms with Crippen LogP contribution in [0.2, 0.25) is 0 Å². The van der Waals surface area contributed by atoms with Gasteiger partial charge in [-0.3, -0.25) is 9.59 Å². The molecule has 0 bridgehead atoms. The highest BCUT2D eigenvalue weighted by molar-refractivity contribution is 6.02. The van der Waals surface area contributed by atoms with Crippen molar-refractivity contribution in [3.63, 3.8) is 0 Å². The number of Topliss-reactive ketones (excluding diaryl/α,β-unsaturated/α-hetero) is 1. The van der Waals surface area contributed by atoms with E-state index >= 15 is 0 Å². The van der Waals surface area contributed by atoms with Gasteiger partial charge in [0.1, 0.15) is 0 Å². The second kappa shape index (κ2) is 5.13. The van der Waals surface area contributed by atoms with Crippen molar-refractivity contribution in [2.24, 2.45) is 0 Å². The third kappa shape index (κ3) is 2.34. The molecule has 0 radical (unpaired) electrons. The molecule has 106 valence electrons. The minimum absolute atomic E-state index is 0.0194. The summed E-state index contributed by atoms with van der Waals surface area (Å²) in [5.41, 5.74) is 2.06. The second-order valence-corrected chi connectivity index (χ2v) is 5.00. The van der Waals surface area contributed by atoms with Gasteiger partial charge in [0, 0.05) is 31.7 Å². The zero-order valence-electron chi connectivity index (χ0n) is 11.4. The van der Waals surface area contributed by atoms with Crippen molar-refractivity contribution in [3.8, 4) is 5.75 Å². The Labute approximate surface area is 117 Å². The van der Waals surface area contributed by atoms with Crippen LogP contribution in [0.25, 0.3) is 0 Å². The van der Waals surface area contributed by atoms with E-state index in [1.54, 1.807) is 6.07 Å². The van der Waals surface area contributed by atoms with Crippen LogP contribution in [0, 0.1) is 0 Å². The quantitative estimate of drug-likeness (QED) is 0.775. The van der Waals surface area contributed by atoms with Crippen molar-refractivity contribution in [3.05, 3.63) is 17.7 Å². The van der Waals surface area contributed by atoms with Crippen LogP contribution in [-0.4, -0.2) is 44.5 Å².